The average Bonchev–Trinajstić information content (AvgIpc) is 3.29. The van der Waals surface area contributed by atoms with Crippen molar-refractivity contribution >= 4 is 34.6 Å². The summed E-state index contributed by atoms with van der Waals surface area (Å²) in [5.41, 5.74) is 18.4. The molecule has 12 nitrogen and oxygen atoms in total. The third-order valence-electron chi connectivity index (χ3n) is 6.29. The molecular weight excluding hydrogens is 490 g/mol. The number of amides is 3. The third-order valence-corrected chi connectivity index (χ3v) is 6.29. The lowest BCUT2D eigenvalue weighted by molar-refractivity contribution is -0.142. The molecule has 1 heterocycles. The number of carboxylic acid groups (broad SMARTS) is 1. The minimum Gasteiger partial charge on any atom is -0.480 e. The fraction of sp³-hybridized carbons (Fsp3) is 0.538. The smallest absolute Gasteiger partial charge is 0.326 e. The number of H-pyrrole nitrogens is 1. The molecule has 2 rings (SSSR count). The van der Waals surface area contributed by atoms with Gasteiger partial charge in [0.05, 0.1) is 6.04 Å². The molecule has 0 radical (unpaired) electrons. The second kappa shape index (κ2) is 15.7. The maximum atomic E-state index is 13.4. The largest absolute Gasteiger partial charge is 0.480 e. The molecule has 12 heteroatoms. The first-order chi connectivity index (χ1) is 18.2. The van der Waals surface area contributed by atoms with Crippen LogP contribution in [-0.2, 0) is 25.6 Å². The Labute approximate surface area is 222 Å². The molecule has 0 saturated carbocycles. The Morgan fingerprint density at radius 1 is 0.842 bits per heavy atom. The molecule has 0 aliphatic rings. The standard InChI is InChI=1S/C26H41N7O5/c1-16(29)23(34)31-20(10-4-6-12-27)24(35)33-22(14-17-15-30-19-9-3-2-8-18(17)19)25(36)32-21(26(37)38)11-5-7-13-28/h2-3,8-9,15-16,20-22,30H,4-7,10-14,27-29H2,1H3,(H,31,34)(H,32,36)(H,33,35)(H,37,38). The number of carbonyl (C=O) groups is 4. The van der Waals surface area contributed by atoms with Gasteiger partial charge in [-0.15, -0.1) is 0 Å². The van der Waals surface area contributed by atoms with Gasteiger partial charge in [0.2, 0.25) is 17.7 Å². The first kappa shape index (κ1) is 30.7. The van der Waals surface area contributed by atoms with Crippen LogP contribution in [0.25, 0.3) is 10.9 Å². The summed E-state index contributed by atoms with van der Waals surface area (Å²) >= 11 is 0. The van der Waals surface area contributed by atoms with Crippen molar-refractivity contribution in [2.75, 3.05) is 13.1 Å². The zero-order valence-electron chi connectivity index (χ0n) is 21.9. The minimum atomic E-state index is -1.17. The van der Waals surface area contributed by atoms with Crippen LogP contribution in [-0.4, -0.2) is 71.0 Å². The van der Waals surface area contributed by atoms with Crippen molar-refractivity contribution in [2.24, 2.45) is 17.2 Å². The molecule has 1 aromatic heterocycles. The van der Waals surface area contributed by atoms with E-state index >= 15 is 0 Å². The van der Waals surface area contributed by atoms with Crippen LogP contribution < -0.4 is 33.2 Å². The van der Waals surface area contributed by atoms with E-state index in [1.165, 1.54) is 6.92 Å². The molecule has 4 atom stereocenters. The second-order valence-corrected chi connectivity index (χ2v) is 9.44. The fourth-order valence-electron chi connectivity index (χ4n) is 4.09. The molecule has 0 aliphatic carbocycles. The van der Waals surface area contributed by atoms with Gasteiger partial charge in [0.15, 0.2) is 0 Å². The Morgan fingerprint density at radius 2 is 1.39 bits per heavy atom. The lowest BCUT2D eigenvalue weighted by Gasteiger charge is -2.25. The van der Waals surface area contributed by atoms with Gasteiger partial charge >= 0.3 is 5.97 Å². The van der Waals surface area contributed by atoms with E-state index < -0.39 is 47.9 Å². The summed E-state index contributed by atoms with van der Waals surface area (Å²) in [4.78, 5) is 53.9. The molecule has 210 valence electrons. The maximum absolute atomic E-state index is 13.4. The van der Waals surface area contributed by atoms with Gasteiger partial charge in [0.25, 0.3) is 0 Å². The van der Waals surface area contributed by atoms with Gasteiger partial charge in [0, 0.05) is 23.5 Å². The maximum Gasteiger partial charge on any atom is 0.326 e. The number of nitrogens with one attached hydrogen (secondary N) is 4. The van der Waals surface area contributed by atoms with Crippen LogP contribution in [0.1, 0.15) is 51.0 Å². The van der Waals surface area contributed by atoms with Crippen molar-refractivity contribution in [1.82, 2.24) is 20.9 Å². The first-order valence-corrected chi connectivity index (χ1v) is 13.0. The summed E-state index contributed by atoms with van der Waals surface area (Å²) in [6.07, 6.45) is 4.75. The highest BCUT2D eigenvalue weighted by molar-refractivity contribution is 5.94. The summed E-state index contributed by atoms with van der Waals surface area (Å²) < 4.78 is 0. The molecule has 11 N–H and O–H groups in total. The van der Waals surface area contributed by atoms with Gasteiger partial charge in [-0.05, 0) is 70.2 Å². The van der Waals surface area contributed by atoms with Gasteiger partial charge in [0.1, 0.15) is 18.1 Å². The van der Waals surface area contributed by atoms with E-state index in [4.69, 9.17) is 17.2 Å². The molecule has 0 saturated heterocycles. The zero-order chi connectivity index (χ0) is 28.1. The van der Waals surface area contributed by atoms with Crippen LogP contribution in [0.3, 0.4) is 0 Å². The van der Waals surface area contributed by atoms with E-state index in [1.54, 1.807) is 6.20 Å². The number of hydrogen-bond acceptors (Lipinski definition) is 7. The van der Waals surface area contributed by atoms with Crippen LogP contribution >= 0.6 is 0 Å². The molecule has 0 bridgehead atoms. The van der Waals surface area contributed by atoms with Crippen LogP contribution in [0, 0.1) is 0 Å². The summed E-state index contributed by atoms with van der Waals surface area (Å²) in [6, 6.07) is 3.54. The van der Waals surface area contributed by atoms with Gasteiger partial charge in [-0.25, -0.2) is 4.79 Å². The second-order valence-electron chi connectivity index (χ2n) is 9.44. The number of fused-ring (bicyclic) bond motifs is 1. The van der Waals surface area contributed by atoms with E-state index in [9.17, 15) is 24.3 Å². The highest BCUT2D eigenvalue weighted by Gasteiger charge is 2.30. The first-order valence-electron chi connectivity index (χ1n) is 13.0. The fourth-order valence-corrected chi connectivity index (χ4v) is 4.09. The predicted octanol–water partition coefficient (Wildman–Crippen LogP) is -0.145. The molecule has 38 heavy (non-hydrogen) atoms. The monoisotopic (exact) mass is 531 g/mol. The summed E-state index contributed by atoms with van der Waals surface area (Å²) in [5.74, 6) is -2.87. The molecule has 0 spiro atoms. The Balaban J connectivity index is 2.28. The summed E-state index contributed by atoms with van der Waals surface area (Å²) in [7, 11) is 0. The van der Waals surface area contributed by atoms with Gasteiger partial charge in [-0.3, -0.25) is 14.4 Å². The number of para-hydroxylation sites is 1. The SMILES string of the molecule is CC(N)C(=O)NC(CCCCN)C(=O)NC(Cc1c[nH]c2ccccc12)C(=O)NC(CCCCN)C(=O)O. The van der Waals surface area contributed by atoms with Crippen LogP contribution in [0.2, 0.25) is 0 Å². The number of aromatic amines is 1. The number of aliphatic carboxylic acids is 1. The Kier molecular flexibility index (Phi) is 12.7. The highest BCUT2D eigenvalue weighted by atomic mass is 16.4. The van der Waals surface area contributed by atoms with Crippen molar-refractivity contribution in [1.29, 1.82) is 0 Å². The van der Waals surface area contributed by atoms with Crippen molar-refractivity contribution in [3.05, 3.63) is 36.0 Å². The van der Waals surface area contributed by atoms with E-state index in [0.717, 1.165) is 16.5 Å². The van der Waals surface area contributed by atoms with Crippen LogP contribution in [0.15, 0.2) is 30.5 Å². The van der Waals surface area contributed by atoms with Gasteiger partial charge in [-0.1, -0.05) is 18.2 Å². The summed E-state index contributed by atoms with van der Waals surface area (Å²) in [5, 5.41) is 18.5. The van der Waals surface area contributed by atoms with Crippen molar-refractivity contribution < 1.29 is 24.3 Å². The number of unbranched alkanes of at least 4 members (excludes halogenated alkanes) is 2. The van der Waals surface area contributed by atoms with E-state index in [1.807, 2.05) is 24.3 Å². The average molecular weight is 532 g/mol. The minimum absolute atomic E-state index is 0.105. The van der Waals surface area contributed by atoms with Crippen molar-refractivity contribution in [2.45, 2.75) is 76.0 Å². The zero-order valence-corrected chi connectivity index (χ0v) is 21.9. The van der Waals surface area contributed by atoms with Gasteiger partial charge < -0.3 is 43.2 Å². The van der Waals surface area contributed by atoms with Gasteiger partial charge in [-0.2, -0.15) is 0 Å². The van der Waals surface area contributed by atoms with Crippen molar-refractivity contribution in [3.8, 4) is 0 Å². The molecule has 2 aromatic rings. The topological polar surface area (TPSA) is 218 Å². The Morgan fingerprint density at radius 3 is 2.00 bits per heavy atom. The predicted molar refractivity (Wildman–Crippen MR) is 145 cm³/mol. The van der Waals surface area contributed by atoms with E-state index in [2.05, 4.69) is 20.9 Å². The van der Waals surface area contributed by atoms with E-state index in [-0.39, 0.29) is 12.8 Å². The number of nitrogens with two attached hydrogens (primary N) is 3. The Hall–Kier alpha value is -3.48. The normalized spacial score (nSPS) is 14.3. The molecule has 3 amide bonds. The molecule has 0 aliphatic heterocycles. The third kappa shape index (κ3) is 9.43. The Bertz CT molecular complexity index is 1070. The molecular formula is C26H41N7O5. The summed E-state index contributed by atoms with van der Waals surface area (Å²) in [6.45, 7) is 2.36. The number of hydrogen-bond donors (Lipinski definition) is 8. The molecule has 0 fully saturated rings. The molecule has 4 unspecified atom stereocenters. The number of carbonyl (C=O) groups excluding carboxylic acids is 3. The van der Waals surface area contributed by atoms with Crippen LogP contribution in [0.5, 0.6) is 0 Å². The number of aromatic nitrogens is 1. The number of rotatable bonds is 17. The molecule has 1 aromatic carbocycles. The quantitative estimate of drug-likeness (QED) is 0.128. The van der Waals surface area contributed by atoms with Crippen molar-refractivity contribution in [3.63, 3.8) is 0 Å². The lowest BCUT2D eigenvalue weighted by Crippen LogP contribution is -2.57. The highest BCUT2D eigenvalue weighted by Crippen LogP contribution is 2.19. The lowest BCUT2D eigenvalue weighted by atomic mass is 10.0. The number of carboxylic acids is 1. The van der Waals surface area contributed by atoms with Crippen LogP contribution in [0.4, 0.5) is 0 Å². The van der Waals surface area contributed by atoms with E-state index in [0.29, 0.717) is 45.2 Å². The number of benzene rings is 1.